The van der Waals surface area contributed by atoms with Crippen LogP contribution in [0.2, 0.25) is 0 Å². The van der Waals surface area contributed by atoms with Crippen LogP contribution in [0.4, 0.5) is 11.5 Å². The average molecular weight is 529 g/mol. The fourth-order valence-corrected chi connectivity index (χ4v) is 6.16. The summed E-state index contributed by atoms with van der Waals surface area (Å²) >= 11 is 1.36. The van der Waals surface area contributed by atoms with E-state index >= 15 is 0 Å². The number of ether oxygens (including phenoxy) is 1. The number of thiophene rings is 1. The number of aryl methyl sites for hydroxylation is 2. The van der Waals surface area contributed by atoms with Crippen LogP contribution >= 0.6 is 11.3 Å². The van der Waals surface area contributed by atoms with Gasteiger partial charge in [-0.2, -0.15) is 5.26 Å². The molecule has 2 aliphatic rings. The molecule has 2 fully saturated rings. The van der Waals surface area contributed by atoms with Gasteiger partial charge in [0.1, 0.15) is 27.9 Å². The van der Waals surface area contributed by atoms with Crippen molar-refractivity contribution in [1.29, 1.82) is 5.26 Å². The van der Waals surface area contributed by atoms with Crippen LogP contribution in [0.1, 0.15) is 45.6 Å². The molecule has 0 radical (unpaired) electrons. The Hall–Kier alpha value is -3.66. The van der Waals surface area contributed by atoms with E-state index in [1.165, 1.54) is 17.8 Å². The first-order chi connectivity index (χ1) is 18.5. The third-order valence-electron chi connectivity index (χ3n) is 7.24. The normalized spacial score (nSPS) is 16.1. The Labute approximate surface area is 227 Å². The zero-order valence-corrected chi connectivity index (χ0v) is 22.8. The van der Waals surface area contributed by atoms with Crippen molar-refractivity contribution in [1.82, 2.24) is 14.9 Å². The van der Waals surface area contributed by atoms with Crippen molar-refractivity contribution in [3.05, 3.63) is 46.1 Å². The number of esters is 1. The lowest BCUT2D eigenvalue weighted by Crippen LogP contribution is -2.46. The molecule has 5 rings (SSSR count). The number of rotatable bonds is 5. The second kappa shape index (κ2) is 11.8. The van der Waals surface area contributed by atoms with Crippen molar-refractivity contribution < 1.29 is 9.53 Å². The molecule has 0 amide bonds. The smallest absolute Gasteiger partial charge is 0.349 e. The minimum absolute atomic E-state index is 0.0615. The van der Waals surface area contributed by atoms with E-state index < -0.39 is 0 Å². The molecule has 2 aliphatic heterocycles. The standard InChI is InChI=1S/C29H32N6O2S/c1-21-8-9-23(19-30)24(18-21)34-15-13-33(14-16-34)10-6-7-17-37-29(36)26-22(2)25-27(31-20-32-28(25)38-26)35-11-4-3-5-12-35/h8-9,18,20H,3-5,10-17H2,1-2H3. The highest BCUT2D eigenvalue weighted by atomic mass is 32.1. The van der Waals surface area contributed by atoms with E-state index in [0.29, 0.717) is 17.0 Å². The number of carbonyl (C=O) groups is 1. The molecule has 0 unspecified atom stereocenters. The summed E-state index contributed by atoms with van der Waals surface area (Å²) in [6.45, 7) is 10.1. The van der Waals surface area contributed by atoms with Gasteiger partial charge in [0.15, 0.2) is 6.61 Å². The van der Waals surface area contributed by atoms with Gasteiger partial charge < -0.3 is 14.5 Å². The molecule has 0 atom stereocenters. The van der Waals surface area contributed by atoms with E-state index in [-0.39, 0.29) is 12.6 Å². The number of nitrogens with zero attached hydrogens (tertiary/aromatic N) is 6. The Balaban J connectivity index is 1.14. The van der Waals surface area contributed by atoms with Crippen molar-refractivity contribution >= 4 is 39.0 Å². The van der Waals surface area contributed by atoms with E-state index in [2.05, 4.69) is 48.6 Å². The van der Waals surface area contributed by atoms with Crippen LogP contribution in [0.25, 0.3) is 10.2 Å². The highest BCUT2D eigenvalue weighted by molar-refractivity contribution is 7.20. The molecule has 2 saturated heterocycles. The predicted molar refractivity (Wildman–Crippen MR) is 151 cm³/mol. The first-order valence-corrected chi connectivity index (χ1v) is 14.0. The van der Waals surface area contributed by atoms with Gasteiger partial charge >= 0.3 is 5.97 Å². The maximum Gasteiger partial charge on any atom is 0.349 e. The molecule has 4 heterocycles. The van der Waals surface area contributed by atoms with Gasteiger partial charge in [-0.15, -0.1) is 11.3 Å². The second-order valence-corrected chi connectivity index (χ2v) is 10.8. The number of piperazine rings is 1. The molecule has 2 aromatic heterocycles. The van der Waals surface area contributed by atoms with Gasteiger partial charge in [0, 0.05) is 39.3 Å². The number of carbonyl (C=O) groups excluding carboxylic acids is 1. The Kier molecular flexibility index (Phi) is 8.07. The summed E-state index contributed by atoms with van der Waals surface area (Å²) in [6.07, 6.45) is 5.16. The SMILES string of the molecule is Cc1ccc(C#N)c(N2CCN(CC#CCOC(=O)c3sc4ncnc(N5CCCCC5)c4c3C)CC2)c1. The van der Waals surface area contributed by atoms with Crippen LogP contribution in [-0.2, 0) is 4.74 Å². The molecule has 0 N–H and O–H groups in total. The van der Waals surface area contributed by atoms with Gasteiger partial charge in [-0.05, 0) is 56.4 Å². The number of anilines is 2. The van der Waals surface area contributed by atoms with E-state index in [9.17, 15) is 10.1 Å². The van der Waals surface area contributed by atoms with E-state index in [1.807, 2.05) is 26.0 Å². The lowest BCUT2D eigenvalue weighted by Gasteiger charge is -2.35. The minimum atomic E-state index is -0.357. The Morgan fingerprint density at radius 2 is 1.82 bits per heavy atom. The van der Waals surface area contributed by atoms with Gasteiger partial charge in [-0.3, -0.25) is 4.90 Å². The summed E-state index contributed by atoms with van der Waals surface area (Å²) in [5.74, 6) is 6.71. The van der Waals surface area contributed by atoms with Gasteiger partial charge in [0.2, 0.25) is 0 Å². The Morgan fingerprint density at radius 1 is 1.03 bits per heavy atom. The van der Waals surface area contributed by atoms with Crippen LogP contribution in [0.15, 0.2) is 24.5 Å². The van der Waals surface area contributed by atoms with Gasteiger partial charge in [-0.1, -0.05) is 17.9 Å². The van der Waals surface area contributed by atoms with Crippen molar-refractivity contribution in [2.75, 3.05) is 62.2 Å². The molecule has 0 saturated carbocycles. The highest BCUT2D eigenvalue weighted by Crippen LogP contribution is 2.36. The second-order valence-electron chi connectivity index (χ2n) is 9.81. The summed E-state index contributed by atoms with van der Waals surface area (Å²) in [7, 11) is 0. The minimum Gasteiger partial charge on any atom is -0.448 e. The maximum atomic E-state index is 12.9. The molecule has 8 nitrogen and oxygen atoms in total. The van der Waals surface area contributed by atoms with Crippen LogP contribution in [0.5, 0.6) is 0 Å². The fourth-order valence-electron chi connectivity index (χ4n) is 5.12. The van der Waals surface area contributed by atoms with Crippen molar-refractivity contribution in [3.63, 3.8) is 0 Å². The zero-order chi connectivity index (χ0) is 26.5. The third-order valence-corrected chi connectivity index (χ3v) is 8.42. The van der Waals surface area contributed by atoms with E-state index in [4.69, 9.17) is 4.74 Å². The first kappa shape index (κ1) is 26.0. The predicted octanol–water partition coefficient (Wildman–Crippen LogP) is 4.15. The third kappa shape index (κ3) is 5.60. The number of hydrogen-bond acceptors (Lipinski definition) is 9. The number of nitriles is 1. The summed E-state index contributed by atoms with van der Waals surface area (Å²) in [6, 6.07) is 8.26. The molecule has 0 aliphatic carbocycles. The quantitative estimate of drug-likeness (QED) is 0.361. The molecule has 38 heavy (non-hydrogen) atoms. The average Bonchev–Trinajstić information content (AvgIpc) is 3.30. The molecule has 0 bridgehead atoms. The lowest BCUT2D eigenvalue weighted by atomic mass is 10.1. The zero-order valence-electron chi connectivity index (χ0n) is 22.0. The molecular formula is C29H32N6O2S. The first-order valence-electron chi connectivity index (χ1n) is 13.1. The van der Waals surface area contributed by atoms with Crippen LogP contribution < -0.4 is 9.80 Å². The number of fused-ring (bicyclic) bond motifs is 1. The lowest BCUT2D eigenvalue weighted by molar-refractivity contribution is 0.0561. The largest absolute Gasteiger partial charge is 0.448 e. The van der Waals surface area contributed by atoms with Crippen molar-refractivity contribution in [2.24, 2.45) is 0 Å². The molecule has 196 valence electrons. The molecular weight excluding hydrogens is 496 g/mol. The molecule has 3 aromatic rings. The summed E-state index contributed by atoms with van der Waals surface area (Å²) in [4.78, 5) is 30.1. The van der Waals surface area contributed by atoms with E-state index in [1.54, 1.807) is 6.33 Å². The fraction of sp³-hybridized carbons (Fsp3) is 0.448. The van der Waals surface area contributed by atoms with Gasteiger partial charge in [0.05, 0.1) is 23.2 Å². The van der Waals surface area contributed by atoms with Gasteiger partial charge in [-0.25, -0.2) is 14.8 Å². The monoisotopic (exact) mass is 528 g/mol. The van der Waals surface area contributed by atoms with Gasteiger partial charge in [0.25, 0.3) is 0 Å². The number of hydrogen-bond donors (Lipinski definition) is 0. The molecule has 1 aromatic carbocycles. The molecule has 0 spiro atoms. The van der Waals surface area contributed by atoms with Crippen LogP contribution in [-0.4, -0.2) is 73.3 Å². The van der Waals surface area contributed by atoms with Crippen molar-refractivity contribution in [2.45, 2.75) is 33.1 Å². The molecule has 9 heteroatoms. The summed E-state index contributed by atoms with van der Waals surface area (Å²) in [5.41, 5.74) is 3.77. The van der Waals surface area contributed by atoms with Crippen LogP contribution in [0, 0.1) is 37.0 Å². The highest BCUT2D eigenvalue weighted by Gasteiger charge is 2.23. The maximum absolute atomic E-state index is 12.9. The summed E-state index contributed by atoms with van der Waals surface area (Å²) < 4.78 is 5.50. The van der Waals surface area contributed by atoms with Crippen molar-refractivity contribution in [3.8, 4) is 17.9 Å². The Morgan fingerprint density at radius 3 is 2.58 bits per heavy atom. The van der Waals surface area contributed by atoms with E-state index in [0.717, 1.165) is 85.0 Å². The Bertz CT molecular complexity index is 1420. The number of piperidine rings is 1. The van der Waals surface area contributed by atoms with Crippen LogP contribution in [0.3, 0.4) is 0 Å². The topological polar surface area (TPSA) is 85.6 Å². The number of benzene rings is 1. The number of aromatic nitrogens is 2. The summed E-state index contributed by atoms with van der Waals surface area (Å²) in [5, 5.41) is 10.4.